The van der Waals surface area contributed by atoms with E-state index < -0.39 is 0 Å². The van der Waals surface area contributed by atoms with E-state index in [1.54, 1.807) is 24.5 Å². The molecule has 0 aliphatic rings. The van der Waals surface area contributed by atoms with Crippen molar-refractivity contribution in [2.75, 3.05) is 19.0 Å². The Labute approximate surface area is 184 Å². The van der Waals surface area contributed by atoms with E-state index in [2.05, 4.69) is 27.4 Å². The number of pyridine rings is 1. The number of hydrogen-bond acceptors (Lipinski definition) is 6. The first kappa shape index (κ1) is 20.3. The van der Waals surface area contributed by atoms with E-state index in [-0.39, 0.29) is 0 Å². The fourth-order valence-corrected chi connectivity index (χ4v) is 4.13. The van der Waals surface area contributed by atoms with Crippen LogP contribution in [0.15, 0.2) is 66.7 Å². The summed E-state index contributed by atoms with van der Waals surface area (Å²) in [5.74, 6) is 0.949. The number of aromatic nitrogens is 2. The van der Waals surface area contributed by atoms with Crippen LogP contribution in [0.1, 0.15) is 17.5 Å². The van der Waals surface area contributed by atoms with Crippen LogP contribution < -0.4 is 14.8 Å². The number of nitrogens with zero attached hydrogens (tertiary/aromatic N) is 2. The third-order valence-corrected chi connectivity index (χ3v) is 5.76. The summed E-state index contributed by atoms with van der Waals surface area (Å²) in [7, 11) is 1.58. The lowest BCUT2D eigenvalue weighted by Gasteiger charge is -2.11. The van der Waals surface area contributed by atoms with Gasteiger partial charge in [0.1, 0.15) is 4.99 Å². The lowest BCUT2D eigenvalue weighted by molar-refractivity contribution is 0.292. The number of ether oxygens (including phenoxy) is 2. The van der Waals surface area contributed by atoms with Crippen LogP contribution in [0.3, 0.4) is 0 Å². The number of benzene rings is 2. The number of fused-ring (bicyclic) bond motifs is 1. The lowest BCUT2D eigenvalue weighted by Crippen LogP contribution is -2.11. The van der Waals surface area contributed by atoms with Crippen LogP contribution in [-0.4, -0.2) is 28.7 Å². The van der Waals surface area contributed by atoms with E-state index in [9.17, 15) is 0 Å². The third kappa shape index (κ3) is 5.11. The van der Waals surface area contributed by atoms with E-state index in [0.29, 0.717) is 23.4 Å². The molecule has 2 heterocycles. The molecule has 0 amide bonds. The van der Waals surface area contributed by atoms with Crippen molar-refractivity contribution in [1.29, 1.82) is 0 Å². The highest BCUT2D eigenvalue weighted by Crippen LogP contribution is 2.27. The van der Waals surface area contributed by atoms with Gasteiger partial charge in [-0.3, -0.25) is 0 Å². The average Bonchev–Trinajstić information content (AvgIpc) is 3.19. The summed E-state index contributed by atoms with van der Waals surface area (Å²) in [6, 6.07) is 22.0. The summed E-state index contributed by atoms with van der Waals surface area (Å²) in [6.45, 7) is 0.562. The molecule has 0 atom stereocenters. The molecular weight excluding hydrogens is 414 g/mol. The molecule has 0 saturated heterocycles. The minimum atomic E-state index is 0.457. The van der Waals surface area contributed by atoms with Gasteiger partial charge in [0.05, 0.1) is 23.9 Å². The van der Waals surface area contributed by atoms with Gasteiger partial charge >= 0.3 is 0 Å². The summed E-state index contributed by atoms with van der Waals surface area (Å²) in [4.78, 5) is 9.50. The maximum Gasteiger partial charge on any atom is 0.217 e. The SMILES string of the molecule is COc1cc(C(=S)Nc2nc3ccccc3s2)cc(OCCCc2ccccc2)n1. The molecule has 0 saturated carbocycles. The van der Waals surface area contributed by atoms with E-state index in [0.717, 1.165) is 33.8 Å². The second kappa shape index (κ2) is 9.65. The Balaban J connectivity index is 1.41. The van der Waals surface area contributed by atoms with Gasteiger partial charge in [-0.15, -0.1) is 0 Å². The van der Waals surface area contributed by atoms with Crippen LogP contribution >= 0.6 is 23.6 Å². The van der Waals surface area contributed by atoms with Gasteiger partial charge in [-0.1, -0.05) is 66.0 Å². The van der Waals surface area contributed by atoms with Crippen LogP contribution in [0.2, 0.25) is 0 Å². The van der Waals surface area contributed by atoms with Crippen LogP contribution in [0, 0.1) is 0 Å². The normalized spacial score (nSPS) is 10.7. The Morgan fingerprint density at radius 2 is 1.77 bits per heavy atom. The van der Waals surface area contributed by atoms with Gasteiger partial charge in [0.15, 0.2) is 5.13 Å². The van der Waals surface area contributed by atoms with E-state index >= 15 is 0 Å². The van der Waals surface area contributed by atoms with Crippen molar-refractivity contribution in [2.45, 2.75) is 12.8 Å². The number of thiazole rings is 1. The van der Waals surface area contributed by atoms with Crippen LogP contribution in [0.4, 0.5) is 5.13 Å². The van der Waals surface area contributed by atoms with Gasteiger partial charge in [0.25, 0.3) is 0 Å². The zero-order valence-electron chi connectivity index (χ0n) is 16.5. The highest BCUT2D eigenvalue weighted by atomic mass is 32.1. The first-order valence-electron chi connectivity index (χ1n) is 9.61. The summed E-state index contributed by atoms with van der Waals surface area (Å²) >= 11 is 7.15. The minimum Gasteiger partial charge on any atom is -0.481 e. The number of thiocarbonyl (C=S) groups is 1. The van der Waals surface area contributed by atoms with Gasteiger partial charge in [0, 0.05) is 17.7 Å². The molecule has 0 bridgehead atoms. The van der Waals surface area contributed by atoms with E-state index in [1.807, 2.05) is 48.5 Å². The fraction of sp³-hybridized carbons (Fsp3) is 0.174. The molecule has 2 aromatic carbocycles. The molecule has 30 heavy (non-hydrogen) atoms. The van der Waals surface area contributed by atoms with Crippen molar-refractivity contribution in [3.63, 3.8) is 0 Å². The van der Waals surface area contributed by atoms with Gasteiger partial charge in [0.2, 0.25) is 11.8 Å². The zero-order chi connectivity index (χ0) is 20.8. The summed E-state index contributed by atoms with van der Waals surface area (Å²) in [5, 5.41) is 3.97. The van der Waals surface area contributed by atoms with Gasteiger partial charge in [-0.25, -0.2) is 4.98 Å². The van der Waals surface area contributed by atoms with Crippen LogP contribution in [-0.2, 0) is 6.42 Å². The molecule has 0 radical (unpaired) electrons. The summed E-state index contributed by atoms with van der Waals surface area (Å²) in [5.41, 5.74) is 3.01. The zero-order valence-corrected chi connectivity index (χ0v) is 18.1. The molecule has 4 rings (SSSR count). The highest BCUT2D eigenvalue weighted by molar-refractivity contribution is 7.81. The van der Waals surface area contributed by atoms with E-state index in [1.165, 1.54) is 5.56 Å². The Morgan fingerprint density at radius 3 is 2.57 bits per heavy atom. The molecule has 0 aliphatic heterocycles. The Morgan fingerprint density at radius 1 is 1.00 bits per heavy atom. The average molecular weight is 436 g/mol. The Bertz CT molecular complexity index is 1110. The summed E-state index contributed by atoms with van der Waals surface area (Å²) < 4.78 is 12.3. The smallest absolute Gasteiger partial charge is 0.217 e. The Hall–Kier alpha value is -3.03. The molecule has 0 spiro atoms. The van der Waals surface area contributed by atoms with Crippen molar-refractivity contribution in [1.82, 2.24) is 9.97 Å². The number of rotatable bonds is 8. The fourth-order valence-electron chi connectivity index (χ4n) is 2.98. The summed E-state index contributed by atoms with van der Waals surface area (Å²) in [6.07, 6.45) is 1.85. The molecule has 152 valence electrons. The van der Waals surface area contributed by atoms with E-state index in [4.69, 9.17) is 21.7 Å². The molecular formula is C23H21N3O2S2. The third-order valence-electron chi connectivity index (χ3n) is 4.47. The number of aryl methyl sites for hydroxylation is 1. The second-order valence-electron chi connectivity index (χ2n) is 6.61. The monoisotopic (exact) mass is 435 g/mol. The maximum atomic E-state index is 5.87. The van der Waals surface area contributed by atoms with Crippen molar-refractivity contribution in [3.05, 3.63) is 77.9 Å². The van der Waals surface area contributed by atoms with Crippen LogP contribution in [0.5, 0.6) is 11.8 Å². The molecule has 0 fully saturated rings. The van der Waals surface area contributed by atoms with Gasteiger partial charge < -0.3 is 14.8 Å². The van der Waals surface area contributed by atoms with Gasteiger partial charge in [-0.2, -0.15) is 4.98 Å². The highest BCUT2D eigenvalue weighted by Gasteiger charge is 2.11. The molecule has 1 N–H and O–H groups in total. The number of methoxy groups -OCH3 is 1. The predicted octanol–water partition coefficient (Wildman–Crippen LogP) is 5.50. The molecule has 0 aliphatic carbocycles. The van der Waals surface area contributed by atoms with Gasteiger partial charge in [-0.05, 0) is 30.5 Å². The van der Waals surface area contributed by atoms with Crippen molar-refractivity contribution < 1.29 is 9.47 Å². The quantitative estimate of drug-likeness (QED) is 0.291. The molecule has 5 nitrogen and oxygen atoms in total. The maximum absolute atomic E-state index is 5.87. The van der Waals surface area contributed by atoms with Crippen LogP contribution in [0.25, 0.3) is 10.2 Å². The standard InChI is InChI=1S/C23H21N3O2S2/c1-27-20-14-17(22(29)26-23-24-18-11-5-6-12-19(18)30-23)15-21(25-20)28-13-7-10-16-8-3-2-4-9-16/h2-6,8-9,11-12,14-15H,7,10,13H2,1H3,(H,24,26,29). The number of nitrogens with one attached hydrogen (secondary N) is 1. The Kier molecular flexibility index (Phi) is 6.51. The van der Waals surface area contributed by atoms with Crippen molar-refractivity contribution in [3.8, 4) is 11.8 Å². The first-order chi connectivity index (χ1) is 14.7. The molecule has 4 aromatic rings. The molecule has 2 aromatic heterocycles. The number of para-hydroxylation sites is 1. The molecule has 7 heteroatoms. The predicted molar refractivity (Wildman–Crippen MR) is 126 cm³/mol. The first-order valence-corrected chi connectivity index (χ1v) is 10.8. The minimum absolute atomic E-state index is 0.457. The largest absolute Gasteiger partial charge is 0.481 e. The topological polar surface area (TPSA) is 56.3 Å². The molecule has 0 unspecified atom stereocenters. The lowest BCUT2D eigenvalue weighted by atomic mass is 10.1. The van der Waals surface area contributed by atoms with Crippen molar-refractivity contribution >= 4 is 43.9 Å². The van der Waals surface area contributed by atoms with Crippen molar-refractivity contribution in [2.24, 2.45) is 0 Å². The number of hydrogen-bond donors (Lipinski definition) is 1. The second-order valence-corrected chi connectivity index (χ2v) is 8.05. The number of anilines is 1.